The molecule has 0 radical (unpaired) electrons. The van der Waals surface area contributed by atoms with E-state index in [9.17, 15) is 4.79 Å². The fraction of sp³-hybridized carbons (Fsp3) is 0.522. The highest BCUT2D eigenvalue weighted by Crippen LogP contribution is 2.32. The monoisotopic (exact) mass is 448 g/mol. The van der Waals surface area contributed by atoms with Crippen molar-refractivity contribution in [1.82, 2.24) is 40.9 Å². The maximum atomic E-state index is 13.2. The lowest BCUT2D eigenvalue weighted by atomic mass is 9.81. The van der Waals surface area contributed by atoms with Crippen LogP contribution in [0.2, 0.25) is 0 Å². The molecule has 2 saturated heterocycles. The molecule has 1 aromatic carbocycles. The van der Waals surface area contributed by atoms with Crippen LogP contribution in [0.25, 0.3) is 23.0 Å². The Morgan fingerprint density at radius 3 is 2.70 bits per heavy atom. The number of benzene rings is 1. The second kappa shape index (κ2) is 8.68. The molecule has 10 heteroatoms. The van der Waals surface area contributed by atoms with Gasteiger partial charge in [-0.25, -0.2) is 10.1 Å². The Labute approximate surface area is 191 Å². The van der Waals surface area contributed by atoms with Gasteiger partial charge >= 0.3 is 0 Å². The number of fused-ring (bicyclic) bond motifs is 1. The SMILES string of the molecule is O=C(C1NNC2CCCCC21)N1CCC(n2cc(-c3nc(-c4ccccc4)no3)nn2)CC1. The Morgan fingerprint density at radius 2 is 1.85 bits per heavy atom. The Morgan fingerprint density at radius 1 is 1.03 bits per heavy atom. The predicted molar refractivity (Wildman–Crippen MR) is 119 cm³/mol. The summed E-state index contributed by atoms with van der Waals surface area (Å²) in [6, 6.07) is 10.2. The Hall–Kier alpha value is -3.11. The van der Waals surface area contributed by atoms with Crippen LogP contribution in [0.3, 0.4) is 0 Å². The fourth-order valence-corrected chi connectivity index (χ4v) is 5.42. The largest absolute Gasteiger partial charge is 0.341 e. The van der Waals surface area contributed by atoms with E-state index < -0.39 is 0 Å². The Bertz CT molecular complexity index is 1100. The van der Waals surface area contributed by atoms with E-state index in [0.717, 1.165) is 44.3 Å². The molecule has 10 nitrogen and oxygen atoms in total. The minimum atomic E-state index is -0.0961. The molecule has 4 heterocycles. The number of rotatable bonds is 4. The molecule has 1 aliphatic carbocycles. The van der Waals surface area contributed by atoms with Crippen LogP contribution >= 0.6 is 0 Å². The number of amides is 1. The van der Waals surface area contributed by atoms with Crippen LogP contribution in [-0.2, 0) is 4.79 Å². The lowest BCUT2D eigenvalue weighted by molar-refractivity contribution is -0.135. The third-order valence-electron chi connectivity index (χ3n) is 7.28. The minimum Gasteiger partial charge on any atom is -0.341 e. The first kappa shape index (κ1) is 20.5. The zero-order valence-electron chi connectivity index (χ0n) is 18.4. The highest BCUT2D eigenvalue weighted by atomic mass is 16.5. The number of hydrogen-bond donors (Lipinski definition) is 2. The normalized spacial score (nSPS) is 25.8. The molecule has 3 aromatic rings. The quantitative estimate of drug-likeness (QED) is 0.624. The summed E-state index contributed by atoms with van der Waals surface area (Å²) in [6.45, 7) is 1.46. The second-order valence-corrected chi connectivity index (χ2v) is 9.25. The van der Waals surface area contributed by atoms with Gasteiger partial charge in [0.25, 0.3) is 5.89 Å². The number of carbonyl (C=O) groups is 1. The van der Waals surface area contributed by atoms with Gasteiger partial charge in [-0.1, -0.05) is 53.5 Å². The molecule has 2 aliphatic heterocycles. The lowest BCUT2D eigenvalue weighted by Gasteiger charge is -2.35. The molecule has 3 fully saturated rings. The van der Waals surface area contributed by atoms with Crippen molar-refractivity contribution in [3.05, 3.63) is 36.5 Å². The van der Waals surface area contributed by atoms with Crippen molar-refractivity contribution in [3.8, 4) is 23.0 Å². The van der Waals surface area contributed by atoms with Gasteiger partial charge in [-0.15, -0.1) is 5.10 Å². The van der Waals surface area contributed by atoms with Crippen molar-refractivity contribution in [2.75, 3.05) is 13.1 Å². The molecule has 0 bridgehead atoms. The number of carbonyl (C=O) groups excluding carboxylic acids is 1. The lowest BCUT2D eigenvalue weighted by Crippen LogP contribution is -2.50. The van der Waals surface area contributed by atoms with Crippen molar-refractivity contribution >= 4 is 5.91 Å². The second-order valence-electron chi connectivity index (χ2n) is 9.25. The first-order valence-electron chi connectivity index (χ1n) is 11.9. The molecule has 172 valence electrons. The molecular formula is C23H28N8O2. The van der Waals surface area contributed by atoms with E-state index in [1.54, 1.807) is 0 Å². The maximum Gasteiger partial charge on any atom is 0.280 e. The van der Waals surface area contributed by atoms with Gasteiger partial charge in [0.05, 0.1) is 12.2 Å². The van der Waals surface area contributed by atoms with E-state index in [1.807, 2.05) is 46.1 Å². The molecule has 1 amide bonds. The van der Waals surface area contributed by atoms with Gasteiger partial charge in [-0.2, -0.15) is 4.98 Å². The zero-order chi connectivity index (χ0) is 22.2. The maximum absolute atomic E-state index is 13.2. The molecule has 3 atom stereocenters. The van der Waals surface area contributed by atoms with E-state index in [1.165, 1.54) is 12.8 Å². The van der Waals surface area contributed by atoms with Crippen LogP contribution in [0.1, 0.15) is 44.6 Å². The van der Waals surface area contributed by atoms with Gasteiger partial charge in [-0.05, 0) is 25.7 Å². The van der Waals surface area contributed by atoms with Crippen LogP contribution in [-0.4, -0.2) is 61.1 Å². The molecule has 3 unspecified atom stereocenters. The summed E-state index contributed by atoms with van der Waals surface area (Å²) >= 11 is 0. The fourth-order valence-electron chi connectivity index (χ4n) is 5.42. The van der Waals surface area contributed by atoms with E-state index >= 15 is 0 Å². The van der Waals surface area contributed by atoms with Crippen LogP contribution in [0.4, 0.5) is 0 Å². The van der Waals surface area contributed by atoms with Crippen molar-refractivity contribution in [3.63, 3.8) is 0 Å². The first-order valence-corrected chi connectivity index (χ1v) is 11.9. The van der Waals surface area contributed by atoms with Crippen molar-refractivity contribution in [1.29, 1.82) is 0 Å². The van der Waals surface area contributed by atoms with Crippen LogP contribution in [0.5, 0.6) is 0 Å². The van der Waals surface area contributed by atoms with Gasteiger partial charge in [0.1, 0.15) is 6.04 Å². The first-order chi connectivity index (χ1) is 16.3. The van der Waals surface area contributed by atoms with Gasteiger partial charge in [0, 0.05) is 30.6 Å². The molecule has 33 heavy (non-hydrogen) atoms. The number of aromatic nitrogens is 5. The summed E-state index contributed by atoms with van der Waals surface area (Å²) < 4.78 is 7.28. The van der Waals surface area contributed by atoms with Crippen LogP contribution in [0, 0.1) is 5.92 Å². The van der Waals surface area contributed by atoms with E-state index in [-0.39, 0.29) is 18.0 Å². The zero-order valence-corrected chi connectivity index (χ0v) is 18.4. The standard InChI is InChI=1S/C23H28N8O2/c32-23(20-17-8-4-5-9-18(17)25-27-20)30-12-10-16(11-13-30)31-14-19(26-29-31)22-24-21(28-33-22)15-6-2-1-3-7-15/h1-3,6-7,14,16-18,20,25,27H,4-5,8-13H2. The van der Waals surface area contributed by atoms with Gasteiger partial charge in [0.2, 0.25) is 11.7 Å². The van der Waals surface area contributed by atoms with E-state index in [2.05, 4.69) is 31.3 Å². The minimum absolute atomic E-state index is 0.0961. The van der Waals surface area contributed by atoms with Crippen LogP contribution in [0.15, 0.2) is 41.1 Å². The number of likely N-dealkylation sites (tertiary alicyclic amines) is 1. The van der Waals surface area contributed by atoms with Crippen molar-refractivity contribution in [2.24, 2.45) is 5.92 Å². The Balaban J connectivity index is 1.08. The molecule has 0 spiro atoms. The highest BCUT2D eigenvalue weighted by molar-refractivity contribution is 5.82. The Kier molecular flexibility index (Phi) is 5.39. The third kappa shape index (κ3) is 3.93. The molecule has 6 rings (SSSR count). The third-order valence-corrected chi connectivity index (χ3v) is 7.28. The molecule has 1 saturated carbocycles. The molecule has 2 N–H and O–H groups in total. The number of nitrogens with one attached hydrogen (secondary N) is 2. The van der Waals surface area contributed by atoms with Crippen molar-refractivity contribution in [2.45, 2.75) is 56.7 Å². The molecule has 2 aromatic heterocycles. The van der Waals surface area contributed by atoms with Gasteiger partial charge in [0.15, 0.2) is 5.69 Å². The summed E-state index contributed by atoms with van der Waals surface area (Å²) in [5.74, 6) is 1.53. The molecule has 3 aliphatic rings. The number of hydrogen-bond acceptors (Lipinski definition) is 8. The average Bonchev–Trinajstić information content (AvgIpc) is 3.64. The van der Waals surface area contributed by atoms with Gasteiger partial charge < -0.3 is 9.42 Å². The number of nitrogens with zero attached hydrogens (tertiary/aromatic N) is 6. The van der Waals surface area contributed by atoms with Crippen LogP contribution < -0.4 is 10.9 Å². The van der Waals surface area contributed by atoms with Gasteiger partial charge in [-0.3, -0.25) is 10.2 Å². The average molecular weight is 449 g/mol. The molecular weight excluding hydrogens is 420 g/mol. The summed E-state index contributed by atoms with van der Waals surface area (Å²) in [4.78, 5) is 19.6. The number of piperidine rings is 1. The van der Waals surface area contributed by atoms with E-state index in [4.69, 9.17) is 4.52 Å². The smallest absolute Gasteiger partial charge is 0.280 e. The summed E-state index contributed by atoms with van der Waals surface area (Å²) in [5.41, 5.74) is 8.09. The summed E-state index contributed by atoms with van der Waals surface area (Å²) in [7, 11) is 0. The summed E-state index contributed by atoms with van der Waals surface area (Å²) in [5, 5.41) is 12.6. The summed E-state index contributed by atoms with van der Waals surface area (Å²) in [6.07, 6.45) is 8.31. The number of hydrazine groups is 1. The predicted octanol–water partition coefficient (Wildman–Crippen LogP) is 2.19. The van der Waals surface area contributed by atoms with E-state index in [0.29, 0.717) is 29.4 Å². The topological polar surface area (TPSA) is 114 Å². The highest BCUT2D eigenvalue weighted by Gasteiger charge is 2.43. The van der Waals surface area contributed by atoms with Crippen molar-refractivity contribution < 1.29 is 9.32 Å².